The number of nitrogens with zero attached hydrogens (tertiary/aromatic N) is 1. The molecule has 0 spiro atoms. The van der Waals surface area contributed by atoms with E-state index in [1.54, 1.807) is 7.05 Å². The van der Waals surface area contributed by atoms with Crippen LogP contribution in [-0.4, -0.2) is 12.0 Å². The minimum Gasteiger partial charge on any atom is -0.309 e. The van der Waals surface area contributed by atoms with E-state index in [9.17, 15) is 13.2 Å². The van der Waals surface area contributed by atoms with Crippen LogP contribution in [0, 0.1) is 0 Å². The van der Waals surface area contributed by atoms with Gasteiger partial charge >= 0.3 is 6.18 Å². The largest absolute Gasteiger partial charge is 0.443 e. The van der Waals surface area contributed by atoms with Crippen LogP contribution in [0.15, 0.2) is 34.9 Å². The maximum atomic E-state index is 12.6. The van der Waals surface area contributed by atoms with Crippen molar-refractivity contribution in [2.75, 3.05) is 7.05 Å². The van der Waals surface area contributed by atoms with E-state index in [-0.39, 0.29) is 6.04 Å². The number of thiazole rings is 1. The van der Waals surface area contributed by atoms with Crippen LogP contribution in [0.1, 0.15) is 21.5 Å². The zero-order valence-electron chi connectivity index (χ0n) is 9.83. The molecule has 1 heterocycles. The topological polar surface area (TPSA) is 24.9 Å². The number of rotatable bonds is 3. The van der Waals surface area contributed by atoms with Crippen LogP contribution in [0.3, 0.4) is 0 Å². The molecule has 2 aromatic rings. The second-order valence-electron chi connectivity index (χ2n) is 3.84. The number of hydrogen-bond donors (Lipinski definition) is 1. The van der Waals surface area contributed by atoms with E-state index < -0.39 is 11.2 Å². The SMILES string of the molecule is CNC(c1cccc(Br)c1)c1cnc(C(F)(F)F)s1. The standard InChI is InChI=1S/C12H10BrF3N2S/c1-17-10(7-3-2-4-8(13)5-7)9-6-18-11(19-9)12(14,15)16/h2-6,10,17H,1H3. The first-order valence-electron chi connectivity index (χ1n) is 5.37. The lowest BCUT2D eigenvalue weighted by Gasteiger charge is -2.14. The van der Waals surface area contributed by atoms with Crippen LogP contribution in [0.2, 0.25) is 0 Å². The van der Waals surface area contributed by atoms with Gasteiger partial charge < -0.3 is 5.32 Å². The molecule has 0 aliphatic rings. The maximum absolute atomic E-state index is 12.6. The molecule has 0 fully saturated rings. The lowest BCUT2D eigenvalue weighted by Crippen LogP contribution is -2.16. The Hall–Kier alpha value is -0.920. The second-order valence-corrected chi connectivity index (χ2v) is 5.82. The fraction of sp³-hybridized carbons (Fsp3) is 0.250. The Labute approximate surface area is 120 Å². The van der Waals surface area contributed by atoms with Crippen LogP contribution in [0.4, 0.5) is 13.2 Å². The van der Waals surface area contributed by atoms with Gasteiger partial charge in [-0.05, 0) is 24.7 Å². The van der Waals surface area contributed by atoms with Gasteiger partial charge in [0.05, 0.1) is 6.04 Å². The van der Waals surface area contributed by atoms with Gasteiger partial charge in [0, 0.05) is 15.5 Å². The van der Waals surface area contributed by atoms with Crippen LogP contribution in [0.5, 0.6) is 0 Å². The molecule has 0 amide bonds. The van der Waals surface area contributed by atoms with E-state index >= 15 is 0 Å². The van der Waals surface area contributed by atoms with Gasteiger partial charge in [0.25, 0.3) is 0 Å². The van der Waals surface area contributed by atoms with Gasteiger partial charge in [-0.1, -0.05) is 28.1 Å². The molecule has 102 valence electrons. The molecule has 1 N–H and O–H groups in total. The Bertz CT molecular complexity index is 568. The number of hydrogen-bond acceptors (Lipinski definition) is 3. The summed E-state index contributed by atoms with van der Waals surface area (Å²) in [7, 11) is 1.71. The van der Waals surface area contributed by atoms with Gasteiger partial charge in [0.15, 0.2) is 5.01 Å². The third-order valence-corrected chi connectivity index (χ3v) is 4.12. The van der Waals surface area contributed by atoms with Crippen LogP contribution in [-0.2, 0) is 6.18 Å². The predicted molar refractivity (Wildman–Crippen MR) is 72.2 cm³/mol. The normalized spacial score (nSPS) is 13.5. The molecule has 0 saturated carbocycles. The highest BCUT2D eigenvalue weighted by Crippen LogP contribution is 2.36. The lowest BCUT2D eigenvalue weighted by atomic mass is 10.1. The third-order valence-electron chi connectivity index (χ3n) is 2.52. The summed E-state index contributed by atoms with van der Waals surface area (Å²) in [6, 6.07) is 7.14. The van der Waals surface area contributed by atoms with Gasteiger partial charge in [-0.25, -0.2) is 4.98 Å². The first kappa shape index (κ1) is 14.5. The zero-order chi connectivity index (χ0) is 14.0. The van der Waals surface area contributed by atoms with Crippen molar-refractivity contribution in [3.63, 3.8) is 0 Å². The molecule has 1 atom stereocenters. The molecule has 2 nitrogen and oxygen atoms in total. The summed E-state index contributed by atoms with van der Waals surface area (Å²) in [5, 5.41) is 2.19. The van der Waals surface area contributed by atoms with Crippen LogP contribution < -0.4 is 5.32 Å². The molecular weight excluding hydrogens is 341 g/mol. The predicted octanol–water partition coefficient (Wildman–Crippen LogP) is 4.23. The molecule has 0 aliphatic carbocycles. The Morgan fingerprint density at radius 2 is 2.11 bits per heavy atom. The fourth-order valence-corrected chi connectivity index (χ4v) is 3.05. The van der Waals surface area contributed by atoms with Gasteiger partial charge in [-0.2, -0.15) is 13.2 Å². The molecule has 0 radical (unpaired) electrons. The minimum absolute atomic E-state index is 0.300. The van der Waals surface area contributed by atoms with E-state index in [0.29, 0.717) is 16.2 Å². The van der Waals surface area contributed by atoms with Crippen molar-refractivity contribution in [1.29, 1.82) is 0 Å². The van der Waals surface area contributed by atoms with Gasteiger partial charge in [0.2, 0.25) is 0 Å². The van der Waals surface area contributed by atoms with Crippen molar-refractivity contribution >= 4 is 27.3 Å². The maximum Gasteiger partial charge on any atom is 0.443 e. The summed E-state index contributed by atoms with van der Waals surface area (Å²) < 4.78 is 38.5. The van der Waals surface area contributed by atoms with E-state index in [0.717, 1.165) is 10.0 Å². The Morgan fingerprint density at radius 3 is 2.63 bits per heavy atom. The molecule has 1 unspecified atom stereocenters. The van der Waals surface area contributed by atoms with Gasteiger partial charge in [0.1, 0.15) is 0 Å². The van der Waals surface area contributed by atoms with Gasteiger partial charge in [-0.3, -0.25) is 0 Å². The highest BCUT2D eigenvalue weighted by molar-refractivity contribution is 9.10. The summed E-state index contributed by atoms with van der Waals surface area (Å²) in [4.78, 5) is 3.98. The molecular formula is C12H10BrF3N2S. The van der Waals surface area contributed by atoms with Gasteiger partial charge in [-0.15, -0.1) is 11.3 Å². The Morgan fingerprint density at radius 1 is 1.37 bits per heavy atom. The van der Waals surface area contributed by atoms with E-state index in [1.165, 1.54) is 6.20 Å². The van der Waals surface area contributed by atoms with E-state index in [1.807, 2.05) is 24.3 Å². The highest BCUT2D eigenvalue weighted by Gasteiger charge is 2.35. The van der Waals surface area contributed by atoms with Crippen molar-refractivity contribution in [3.8, 4) is 0 Å². The van der Waals surface area contributed by atoms with Crippen molar-refractivity contribution in [1.82, 2.24) is 10.3 Å². The summed E-state index contributed by atoms with van der Waals surface area (Å²) in [5.74, 6) is 0. The van der Waals surface area contributed by atoms with Crippen molar-refractivity contribution in [3.05, 3.63) is 50.4 Å². The molecule has 0 saturated heterocycles. The number of halogens is 4. The Kier molecular flexibility index (Phi) is 4.27. The summed E-state index contributed by atoms with van der Waals surface area (Å²) in [5.41, 5.74) is 0.884. The molecule has 7 heteroatoms. The average Bonchev–Trinajstić information content (AvgIpc) is 2.79. The third kappa shape index (κ3) is 3.34. The first-order valence-corrected chi connectivity index (χ1v) is 6.98. The average molecular weight is 351 g/mol. The number of aromatic nitrogens is 1. The van der Waals surface area contributed by atoms with Crippen LogP contribution in [0.25, 0.3) is 0 Å². The quantitative estimate of drug-likeness (QED) is 0.895. The molecule has 0 aliphatic heterocycles. The number of nitrogens with one attached hydrogen (secondary N) is 1. The molecule has 1 aromatic carbocycles. The molecule has 1 aromatic heterocycles. The summed E-state index contributed by atoms with van der Waals surface area (Å²) in [6.07, 6.45) is -3.12. The van der Waals surface area contributed by atoms with Crippen molar-refractivity contribution < 1.29 is 13.2 Å². The van der Waals surface area contributed by atoms with E-state index in [2.05, 4.69) is 26.2 Å². The van der Waals surface area contributed by atoms with Crippen LogP contribution >= 0.6 is 27.3 Å². The van der Waals surface area contributed by atoms with Crippen molar-refractivity contribution in [2.45, 2.75) is 12.2 Å². The number of alkyl halides is 3. The smallest absolute Gasteiger partial charge is 0.309 e. The molecule has 19 heavy (non-hydrogen) atoms. The fourth-order valence-electron chi connectivity index (χ4n) is 1.71. The lowest BCUT2D eigenvalue weighted by molar-refractivity contribution is -0.137. The molecule has 2 rings (SSSR count). The van der Waals surface area contributed by atoms with E-state index in [4.69, 9.17) is 0 Å². The monoisotopic (exact) mass is 350 g/mol. The number of benzene rings is 1. The highest BCUT2D eigenvalue weighted by atomic mass is 79.9. The minimum atomic E-state index is -4.39. The summed E-state index contributed by atoms with van der Waals surface area (Å²) in [6.45, 7) is 0. The first-order chi connectivity index (χ1) is 8.91. The second kappa shape index (κ2) is 5.60. The van der Waals surface area contributed by atoms with Crippen molar-refractivity contribution in [2.24, 2.45) is 0 Å². The molecule has 0 bridgehead atoms. The summed E-state index contributed by atoms with van der Waals surface area (Å²) >= 11 is 4.01. The Balaban J connectivity index is 2.35. The zero-order valence-corrected chi connectivity index (χ0v) is 12.2.